The largest absolute Gasteiger partial charge is 0.308 e. The van der Waals surface area contributed by atoms with E-state index in [0.717, 1.165) is 17.0 Å². The van der Waals surface area contributed by atoms with E-state index in [-0.39, 0.29) is 17.1 Å². The van der Waals surface area contributed by atoms with Crippen LogP contribution in [0.1, 0.15) is 37.4 Å². The summed E-state index contributed by atoms with van der Waals surface area (Å²) in [6, 6.07) is 27.9. The Hall–Kier alpha value is -4.11. The van der Waals surface area contributed by atoms with Gasteiger partial charge in [0.1, 0.15) is 0 Å². The zero-order valence-corrected chi connectivity index (χ0v) is 16.1. The summed E-state index contributed by atoms with van der Waals surface area (Å²) in [6.45, 7) is 0. The van der Waals surface area contributed by atoms with E-state index in [2.05, 4.69) is 0 Å². The fourth-order valence-corrected chi connectivity index (χ4v) is 4.19. The summed E-state index contributed by atoms with van der Waals surface area (Å²) in [5.41, 5.74) is 3.94. The van der Waals surface area contributed by atoms with Crippen LogP contribution in [0.4, 0.5) is 0 Å². The first-order valence-electron chi connectivity index (χ1n) is 9.71. The predicted molar refractivity (Wildman–Crippen MR) is 119 cm³/mol. The number of nitrogens with one attached hydrogen (secondary N) is 1. The third kappa shape index (κ3) is 2.64. The summed E-state index contributed by atoms with van der Waals surface area (Å²) in [7, 11) is 0. The molecule has 0 heterocycles. The lowest BCUT2D eigenvalue weighted by Gasteiger charge is -2.24. The van der Waals surface area contributed by atoms with Crippen LogP contribution >= 0.6 is 0 Å². The Morgan fingerprint density at radius 1 is 0.700 bits per heavy atom. The number of benzene rings is 4. The Balaban J connectivity index is 1.89. The van der Waals surface area contributed by atoms with Gasteiger partial charge in [-0.15, -0.1) is 0 Å². The second kappa shape index (κ2) is 7.05. The van der Waals surface area contributed by atoms with Crippen LogP contribution in [0, 0.1) is 5.41 Å². The molecule has 0 radical (unpaired) electrons. The lowest BCUT2D eigenvalue weighted by atomic mass is 9.76. The minimum Gasteiger partial charge on any atom is -0.308 e. The Morgan fingerprint density at radius 3 is 2.13 bits per heavy atom. The molecule has 4 aromatic rings. The van der Waals surface area contributed by atoms with Crippen LogP contribution in [0.3, 0.4) is 0 Å². The van der Waals surface area contributed by atoms with Crippen molar-refractivity contribution in [3.8, 4) is 0 Å². The molecule has 1 N–H and O–H groups in total. The maximum Gasteiger partial charge on any atom is 0.195 e. The fourth-order valence-electron chi connectivity index (χ4n) is 4.19. The molecular formula is C27H17NO2. The molecule has 0 unspecified atom stereocenters. The Labute approximate surface area is 173 Å². The molecule has 0 aliphatic heterocycles. The first-order valence-corrected chi connectivity index (χ1v) is 9.71. The SMILES string of the molecule is N=C/C(C(=O)c1ccccc1)=C1\c2ccccc2C(=O)c2c1ccc1ccccc21. The van der Waals surface area contributed by atoms with E-state index < -0.39 is 0 Å². The van der Waals surface area contributed by atoms with Crippen LogP contribution < -0.4 is 0 Å². The highest BCUT2D eigenvalue weighted by Crippen LogP contribution is 2.41. The van der Waals surface area contributed by atoms with Crippen molar-refractivity contribution >= 4 is 34.1 Å². The summed E-state index contributed by atoms with van der Waals surface area (Å²) in [6.07, 6.45) is 1.11. The lowest BCUT2D eigenvalue weighted by Crippen LogP contribution is -2.18. The van der Waals surface area contributed by atoms with Gasteiger partial charge in [0.15, 0.2) is 11.6 Å². The number of rotatable bonds is 3. The summed E-state index contributed by atoms with van der Waals surface area (Å²) >= 11 is 0. The molecule has 5 rings (SSSR count). The highest BCUT2D eigenvalue weighted by atomic mass is 16.1. The quantitative estimate of drug-likeness (QED) is 0.245. The Bertz CT molecular complexity index is 1380. The average molecular weight is 387 g/mol. The van der Waals surface area contributed by atoms with E-state index in [0.29, 0.717) is 33.4 Å². The molecule has 0 amide bonds. The van der Waals surface area contributed by atoms with Crippen LogP contribution in [-0.2, 0) is 0 Å². The van der Waals surface area contributed by atoms with Crippen molar-refractivity contribution in [2.45, 2.75) is 0 Å². The number of hydrogen-bond acceptors (Lipinski definition) is 3. The Morgan fingerprint density at radius 2 is 1.37 bits per heavy atom. The van der Waals surface area contributed by atoms with Gasteiger partial charge in [0.2, 0.25) is 0 Å². The molecule has 4 aromatic carbocycles. The van der Waals surface area contributed by atoms with Gasteiger partial charge >= 0.3 is 0 Å². The van der Waals surface area contributed by atoms with E-state index in [1.165, 1.54) is 0 Å². The number of carbonyl (C=O) groups is 2. The summed E-state index contributed by atoms with van der Waals surface area (Å²) in [4.78, 5) is 26.8. The van der Waals surface area contributed by atoms with Gasteiger partial charge < -0.3 is 5.41 Å². The third-order valence-electron chi connectivity index (χ3n) is 5.56. The standard InChI is InChI=1S/C27H17NO2/c28-16-23(26(29)18-9-2-1-3-10-18)24-20-12-6-7-13-21(20)27(30)25-19-11-5-4-8-17(19)14-15-22(24)25/h1-16,28H/b24-23-,28-16?. The van der Waals surface area contributed by atoms with E-state index in [4.69, 9.17) is 5.41 Å². The van der Waals surface area contributed by atoms with Crippen molar-refractivity contribution in [2.24, 2.45) is 0 Å². The monoisotopic (exact) mass is 387 g/mol. The highest BCUT2D eigenvalue weighted by Gasteiger charge is 2.31. The smallest absolute Gasteiger partial charge is 0.195 e. The molecule has 1 aliphatic carbocycles. The summed E-state index contributed by atoms with van der Waals surface area (Å²) in [5, 5.41) is 9.90. The predicted octanol–water partition coefficient (Wildman–Crippen LogP) is 5.72. The van der Waals surface area contributed by atoms with Gasteiger partial charge in [-0.05, 0) is 21.9 Å². The molecule has 30 heavy (non-hydrogen) atoms. The van der Waals surface area contributed by atoms with E-state index in [1.807, 2.05) is 60.7 Å². The summed E-state index contributed by atoms with van der Waals surface area (Å²) in [5.74, 6) is -0.290. The summed E-state index contributed by atoms with van der Waals surface area (Å²) < 4.78 is 0. The molecular weight excluding hydrogens is 370 g/mol. The van der Waals surface area contributed by atoms with Crippen LogP contribution in [-0.4, -0.2) is 17.8 Å². The number of hydrogen-bond donors (Lipinski definition) is 1. The van der Waals surface area contributed by atoms with Crippen molar-refractivity contribution in [3.63, 3.8) is 0 Å². The lowest BCUT2D eigenvalue weighted by molar-refractivity contribution is 0.102. The van der Waals surface area contributed by atoms with Gasteiger partial charge in [-0.1, -0.05) is 91.0 Å². The first-order chi connectivity index (χ1) is 14.7. The van der Waals surface area contributed by atoms with Crippen molar-refractivity contribution < 1.29 is 9.59 Å². The maximum absolute atomic E-state index is 13.5. The van der Waals surface area contributed by atoms with E-state index >= 15 is 0 Å². The second-order valence-corrected chi connectivity index (χ2v) is 7.21. The van der Waals surface area contributed by atoms with E-state index in [9.17, 15) is 9.59 Å². The van der Waals surface area contributed by atoms with Gasteiger partial charge in [0.05, 0.1) is 0 Å². The number of fused-ring (bicyclic) bond motifs is 4. The van der Waals surface area contributed by atoms with Crippen LogP contribution in [0.5, 0.6) is 0 Å². The maximum atomic E-state index is 13.5. The molecule has 0 bridgehead atoms. The molecule has 0 saturated carbocycles. The van der Waals surface area contributed by atoms with Crippen LogP contribution in [0.15, 0.2) is 96.6 Å². The Kier molecular flexibility index (Phi) is 4.22. The molecule has 0 atom stereocenters. The number of allylic oxidation sites excluding steroid dienone is 1. The first kappa shape index (κ1) is 18.0. The molecule has 0 spiro atoms. The van der Waals surface area contributed by atoms with Crippen LogP contribution in [0.2, 0.25) is 0 Å². The fraction of sp³-hybridized carbons (Fsp3) is 0. The van der Waals surface area contributed by atoms with Gasteiger partial charge in [-0.2, -0.15) is 0 Å². The molecule has 3 heteroatoms. The van der Waals surface area contributed by atoms with Crippen molar-refractivity contribution in [1.29, 1.82) is 5.41 Å². The van der Waals surface area contributed by atoms with Gasteiger partial charge in [0, 0.05) is 34.1 Å². The third-order valence-corrected chi connectivity index (χ3v) is 5.56. The average Bonchev–Trinajstić information content (AvgIpc) is 2.81. The number of ketones is 2. The highest BCUT2D eigenvalue weighted by molar-refractivity contribution is 6.31. The van der Waals surface area contributed by atoms with Gasteiger partial charge in [-0.3, -0.25) is 9.59 Å². The topological polar surface area (TPSA) is 58.0 Å². The van der Waals surface area contributed by atoms with Gasteiger partial charge in [-0.25, -0.2) is 0 Å². The molecule has 1 aliphatic rings. The molecule has 0 aromatic heterocycles. The minimum absolute atomic E-state index is 0.0577. The van der Waals surface area contributed by atoms with Crippen molar-refractivity contribution in [1.82, 2.24) is 0 Å². The number of Topliss-reactive ketones (excluding diaryl/α,β-unsaturated/α-hetero) is 1. The molecule has 0 saturated heterocycles. The van der Waals surface area contributed by atoms with Crippen molar-refractivity contribution in [2.75, 3.05) is 0 Å². The molecule has 0 fully saturated rings. The molecule has 3 nitrogen and oxygen atoms in total. The van der Waals surface area contributed by atoms with Crippen LogP contribution in [0.25, 0.3) is 16.3 Å². The van der Waals surface area contributed by atoms with Gasteiger partial charge in [0.25, 0.3) is 0 Å². The zero-order chi connectivity index (χ0) is 20.7. The van der Waals surface area contributed by atoms with E-state index in [1.54, 1.807) is 30.3 Å². The normalized spacial score (nSPS) is 14.1. The van der Waals surface area contributed by atoms with Crippen molar-refractivity contribution in [3.05, 3.63) is 124 Å². The number of carbonyl (C=O) groups excluding carboxylic acids is 2. The zero-order valence-electron chi connectivity index (χ0n) is 16.1. The second-order valence-electron chi connectivity index (χ2n) is 7.21. The minimum atomic E-state index is -0.233. The molecule has 142 valence electrons.